The number of nitrogens with two attached hydrogens (primary N) is 1. The van der Waals surface area contributed by atoms with Gasteiger partial charge in [-0.15, -0.1) is 0 Å². The minimum atomic E-state index is -0.637. The molecule has 1 fully saturated rings. The number of hydrogen-bond acceptors (Lipinski definition) is 6. The molecule has 0 spiro atoms. The molecular formula is C20H16N4O3S. The second-order valence-electron chi connectivity index (χ2n) is 6.70. The highest BCUT2D eigenvalue weighted by molar-refractivity contribution is 8.00. The maximum absolute atomic E-state index is 12.9. The lowest BCUT2D eigenvalue weighted by Gasteiger charge is -2.15. The Morgan fingerprint density at radius 2 is 2.00 bits per heavy atom. The van der Waals surface area contributed by atoms with Crippen LogP contribution in [0.15, 0.2) is 35.4 Å². The number of primary amides is 1. The van der Waals surface area contributed by atoms with Crippen molar-refractivity contribution < 1.29 is 14.4 Å². The van der Waals surface area contributed by atoms with E-state index < -0.39 is 11.2 Å². The summed E-state index contributed by atoms with van der Waals surface area (Å²) in [5, 5.41) is 9.30. The van der Waals surface area contributed by atoms with Gasteiger partial charge in [0.2, 0.25) is 17.7 Å². The summed E-state index contributed by atoms with van der Waals surface area (Å²) < 4.78 is 0. The molecule has 1 aromatic carbocycles. The second kappa shape index (κ2) is 7.09. The third-order valence-corrected chi connectivity index (χ3v) is 6.09. The average molecular weight is 392 g/mol. The molecule has 4 rings (SSSR count). The van der Waals surface area contributed by atoms with Crippen LogP contribution in [-0.4, -0.2) is 28.0 Å². The van der Waals surface area contributed by atoms with E-state index in [2.05, 4.69) is 11.1 Å². The van der Waals surface area contributed by atoms with Crippen LogP contribution in [0.5, 0.6) is 0 Å². The number of fused-ring (bicyclic) bond motifs is 1. The summed E-state index contributed by atoms with van der Waals surface area (Å²) in [4.78, 5) is 42.2. The molecular weight excluding hydrogens is 376 g/mol. The van der Waals surface area contributed by atoms with Crippen molar-refractivity contribution in [1.82, 2.24) is 4.98 Å². The van der Waals surface area contributed by atoms with Crippen LogP contribution >= 0.6 is 11.8 Å². The van der Waals surface area contributed by atoms with Crippen LogP contribution in [0.1, 0.15) is 40.0 Å². The van der Waals surface area contributed by atoms with Gasteiger partial charge in [-0.3, -0.25) is 14.4 Å². The van der Waals surface area contributed by atoms with Crippen LogP contribution in [0, 0.1) is 11.3 Å². The number of nitriles is 1. The quantitative estimate of drug-likeness (QED) is 0.795. The summed E-state index contributed by atoms with van der Waals surface area (Å²) in [6.07, 6.45) is 2.82. The number of nitrogens with zero attached hydrogens (tertiary/aromatic N) is 3. The number of carbonyl (C=O) groups is 3. The molecule has 140 valence electrons. The van der Waals surface area contributed by atoms with Gasteiger partial charge < -0.3 is 5.73 Å². The van der Waals surface area contributed by atoms with E-state index in [-0.39, 0.29) is 18.2 Å². The van der Waals surface area contributed by atoms with Crippen molar-refractivity contribution in [2.24, 2.45) is 5.73 Å². The van der Waals surface area contributed by atoms with E-state index in [4.69, 9.17) is 5.73 Å². The van der Waals surface area contributed by atoms with Crippen LogP contribution < -0.4 is 10.6 Å². The minimum absolute atomic E-state index is 0.0324. The summed E-state index contributed by atoms with van der Waals surface area (Å²) in [6.45, 7) is 0. The first-order valence-electron chi connectivity index (χ1n) is 8.84. The zero-order chi connectivity index (χ0) is 19.8. The first-order chi connectivity index (χ1) is 13.5. The van der Waals surface area contributed by atoms with Gasteiger partial charge in [-0.05, 0) is 55.2 Å². The van der Waals surface area contributed by atoms with Gasteiger partial charge in [-0.25, -0.2) is 9.88 Å². The molecule has 28 heavy (non-hydrogen) atoms. The number of carbonyl (C=O) groups excluding carboxylic acids is 3. The lowest BCUT2D eigenvalue weighted by atomic mass is 10.2. The van der Waals surface area contributed by atoms with Crippen molar-refractivity contribution in [3.63, 3.8) is 0 Å². The molecule has 8 heteroatoms. The second-order valence-corrected chi connectivity index (χ2v) is 7.89. The summed E-state index contributed by atoms with van der Waals surface area (Å²) >= 11 is 1.17. The van der Waals surface area contributed by atoms with Crippen LogP contribution in [0.2, 0.25) is 0 Å². The van der Waals surface area contributed by atoms with E-state index in [9.17, 15) is 19.6 Å². The molecule has 1 unspecified atom stereocenters. The molecule has 3 amide bonds. The van der Waals surface area contributed by atoms with Crippen LogP contribution in [0.4, 0.5) is 5.69 Å². The first kappa shape index (κ1) is 18.2. The lowest BCUT2D eigenvalue weighted by Crippen LogP contribution is -2.31. The molecule has 1 aromatic heterocycles. The maximum Gasteiger partial charge on any atom is 0.248 e. The smallest absolute Gasteiger partial charge is 0.248 e. The zero-order valence-electron chi connectivity index (χ0n) is 14.8. The lowest BCUT2D eigenvalue weighted by molar-refractivity contribution is -0.121. The normalized spacial score (nSPS) is 18.2. The van der Waals surface area contributed by atoms with Gasteiger partial charge in [0, 0.05) is 17.7 Å². The van der Waals surface area contributed by atoms with Crippen molar-refractivity contribution in [2.45, 2.75) is 36.0 Å². The Bertz CT molecular complexity index is 1040. The number of amides is 3. The molecule has 1 atom stereocenters. The molecule has 1 saturated heterocycles. The molecule has 0 saturated carbocycles. The predicted octanol–water partition coefficient (Wildman–Crippen LogP) is 1.97. The predicted molar refractivity (Wildman–Crippen MR) is 103 cm³/mol. The molecule has 1 aliphatic heterocycles. The van der Waals surface area contributed by atoms with Crippen molar-refractivity contribution >= 4 is 35.2 Å². The monoisotopic (exact) mass is 392 g/mol. The molecule has 1 aliphatic carbocycles. The Kier molecular flexibility index (Phi) is 4.61. The number of anilines is 1. The number of thioether (sulfide) groups is 1. The van der Waals surface area contributed by atoms with Gasteiger partial charge in [-0.1, -0.05) is 11.8 Å². The van der Waals surface area contributed by atoms with Gasteiger partial charge in [0.1, 0.15) is 11.1 Å². The fourth-order valence-electron chi connectivity index (χ4n) is 3.50. The zero-order valence-corrected chi connectivity index (χ0v) is 15.7. The Balaban J connectivity index is 1.58. The van der Waals surface area contributed by atoms with Gasteiger partial charge in [-0.2, -0.15) is 5.26 Å². The molecule has 0 radical (unpaired) electrons. The Hall–Kier alpha value is -3.18. The third kappa shape index (κ3) is 3.14. The van der Waals surface area contributed by atoms with E-state index in [1.807, 2.05) is 6.07 Å². The van der Waals surface area contributed by atoms with Crippen LogP contribution in [0.25, 0.3) is 0 Å². The maximum atomic E-state index is 12.9. The highest BCUT2D eigenvalue weighted by atomic mass is 32.2. The topological polar surface area (TPSA) is 117 Å². The van der Waals surface area contributed by atoms with Gasteiger partial charge >= 0.3 is 0 Å². The van der Waals surface area contributed by atoms with E-state index in [0.717, 1.165) is 35.4 Å². The highest BCUT2D eigenvalue weighted by Gasteiger charge is 2.41. The molecule has 0 bridgehead atoms. The van der Waals surface area contributed by atoms with Crippen LogP contribution in [-0.2, 0) is 22.4 Å². The van der Waals surface area contributed by atoms with E-state index in [1.54, 1.807) is 0 Å². The summed E-state index contributed by atoms with van der Waals surface area (Å²) in [5.41, 5.74) is 8.42. The molecule has 7 nitrogen and oxygen atoms in total. The van der Waals surface area contributed by atoms with E-state index in [1.165, 1.54) is 36.0 Å². The fourth-order valence-corrected chi connectivity index (χ4v) is 4.60. The van der Waals surface area contributed by atoms with Crippen molar-refractivity contribution in [2.75, 3.05) is 4.90 Å². The Labute approximate surface area is 165 Å². The summed E-state index contributed by atoms with van der Waals surface area (Å²) in [7, 11) is 0. The summed E-state index contributed by atoms with van der Waals surface area (Å²) in [5.74, 6) is -1.26. The number of rotatable bonds is 4. The molecule has 2 aromatic rings. The molecule has 2 aliphatic rings. The van der Waals surface area contributed by atoms with E-state index in [0.29, 0.717) is 21.8 Å². The highest BCUT2D eigenvalue weighted by Crippen LogP contribution is 2.36. The van der Waals surface area contributed by atoms with Crippen LogP contribution in [0.3, 0.4) is 0 Å². The number of aromatic nitrogens is 1. The number of pyridine rings is 1. The van der Waals surface area contributed by atoms with E-state index >= 15 is 0 Å². The van der Waals surface area contributed by atoms with Crippen molar-refractivity contribution in [3.05, 3.63) is 52.7 Å². The fraction of sp³-hybridized carbons (Fsp3) is 0.250. The number of aryl methyl sites for hydroxylation is 2. The Morgan fingerprint density at radius 1 is 1.25 bits per heavy atom. The minimum Gasteiger partial charge on any atom is -0.366 e. The molecule has 2 N–H and O–H groups in total. The standard InChI is InChI=1S/C20H16N4O3S/c21-10-13-8-12-2-1-3-15(12)23-19(13)28-16-9-17(25)24(20(16)27)14-6-4-11(5-7-14)18(22)26/h4-8,16H,1-3,9H2,(H2,22,26). The Morgan fingerprint density at radius 3 is 2.68 bits per heavy atom. The van der Waals surface area contributed by atoms with Crippen molar-refractivity contribution in [1.29, 1.82) is 5.26 Å². The van der Waals surface area contributed by atoms with Gasteiger partial charge in [0.25, 0.3) is 0 Å². The van der Waals surface area contributed by atoms with Crippen molar-refractivity contribution in [3.8, 4) is 6.07 Å². The third-order valence-electron chi connectivity index (χ3n) is 4.91. The number of hydrogen-bond donors (Lipinski definition) is 1. The summed E-state index contributed by atoms with van der Waals surface area (Å²) in [6, 6.07) is 10.0. The number of benzene rings is 1. The largest absolute Gasteiger partial charge is 0.366 e. The first-order valence-corrected chi connectivity index (χ1v) is 9.72. The van der Waals surface area contributed by atoms with Gasteiger partial charge in [0.05, 0.1) is 16.5 Å². The van der Waals surface area contributed by atoms with Gasteiger partial charge in [0.15, 0.2) is 0 Å². The number of imide groups is 1. The average Bonchev–Trinajstić information content (AvgIpc) is 3.24. The SMILES string of the molecule is N#Cc1cc2c(nc1SC1CC(=O)N(c3ccc(C(N)=O)cc3)C1=O)CCC2. The molecule has 2 heterocycles.